The molecule has 0 heterocycles. The quantitative estimate of drug-likeness (QED) is 0.316. The van der Waals surface area contributed by atoms with Crippen molar-refractivity contribution >= 4 is 6.16 Å². The van der Waals surface area contributed by atoms with Gasteiger partial charge in [-0.2, -0.15) is 0 Å². The number of hydrogen-bond donors (Lipinski definition) is 2. The minimum absolute atomic E-state index is 0. The Bertz CT molecular complexity index is 33.8. The maximum Gasteiger partial charge on any atom is 1.00 e. The summed E-state index contributed by atoms with van der Waals surface area (Å²) < 4.78 is 0. The molecule has 0 aliphatic carbocycles. The molecule has 4 nitrogen and oxygen atoms in total. The predicted octanol–water partition coefficient (Wildman–Crippen LogP) is -3.95. The van der Waals surface area contributed by atoms with Crippen LogP contribution in [0.5, 0.6) is 0 Å². The van der Waals surface area contributed by atoms with Crippen molar-refractivity contribution in [2.45, 2.75) is 0 Å². The Morgan fingerprint density at radius 3 is 1.67 bits per heavy atom. The van der Waals surface area contributed by atoms with Crippen molar-refractivity contribution in [3.63, 3.8) is 0 Å². The Hall–Kier alpha value is 0.866. The van der Waals surface area contributed by atoms with Gasteiger partial charge in [-0.05, 0) is 0 Å². The van der Waals surface area contributed by atoms with Crippen LogP contribution in [-0.4, -0.2) is 11.3 Å². The maximum atomic E-state index is 8.44. The molecule has 4 N–H and O–H groups in total. The fourth-order valence-electron chi connectivity index (χ4n) is 0. The fourth-order valence-corrected chi connectivity index (χ4v) is 0. The summed E-state index contributed by atoms with van der Waals surface area (Å²) >= 11 is 0. The molecule has 0 aromatic carbocycles. The third kappa shape index (κ3) is 96.9. The fraction of sp³-hybridized carbons (Fsp3) is 0. The van der Waals surface area contributed by atoms with E-state index >= 15 is 0 Å². The van der Waals surface area contributed by atoms with Crippen LogP contribution in [0.15, 0.2) is 0 Å². The van der Waals surface area contributed by atoms with Crippen LogP contribution in [0.1, 0.15) is 0 Å². The van der Waals surface area contributed by atoms with Crippen molar-refractivity contribution in [3.8, 4) is 0 Å². The molecule has 0 atom stereocenters. The maximum absolute atomic E-state index is 8.44. The van der Waals surface area contributed by atoms with Crippen molar-refractivity contribution in [2.24, 2.45) is 0 Å². The van der Waals surface area contributed by atoms with Crippen molar-refractivity contribution in [3.05, 3.63) is 0 Å². The van der Waals surface area contributed by atoms with Crippen LogP contribution in [0.25, 0.3) is 0 Å². The van der Waals surface area contributed by atoms with Crippen molar-refractivity contribution < 1.29 is 66.4 Å². The molecule has 0 saturated carbocycles. The summed E-state index contributed by atoms with van der Waals surface area (Å²) in [5, 5.41) is 15.3. The normalized spacial score (nSPS) is 4.00. The van der Waals surface area contributed by atoms with E-state index in [0.717, 1.165) is 0 Å². The predicted molar refractivity (Wildman–Crippen MR) is 13.0 cm³/mol. The van der Waals surface area contributed by atoms with E-state index in [2.05, 4.69) is 0 Å². The zero-order chi connectivity index (χ0) is 3.58. The molecule has 0 aliphatic heterocycles. The van der Waals surface area contributed by atoms with Crippen LogP contribution in [0.3, 0.4) is 0 Å². The number of carboxylic acid groups (broad SMARTS) is 2. The van der Waals surface area contributed by atoms with Crippen LogP contribution in [0.4, 0.5) is 4.79 Å². The summed E-state index contributed by atoms with van der Waals surface area (Å²) in [6.07, 6.45) is -2.08. The van der Waals surface area contributed by atoms with Crippen LogP contribution in [0.2, 0.25) is 0 Å². The van der Waals surface area contributed by atoms with Crippen molar-refractivity contribution in [1.82, 2.24) is 6.15 Å². The first-order chi connectivity index (χ1) is 1.73. The van der Waals surface area contributed by atoms with E-state index in [4.69, 9.17) is 15.0 Å². The molecule has 6 heavy (non-hydrogen) atoms. The van der Waals surface area contributed by atoms with Gasteiger partial charge in [-0.15, -0.1) is 0 Å². The Labute approximate surface area is 77.5 Å². The second kappa shape index (κ2) is 9.29. The van der Waals surface area contributed by atoms with E-state index in [1.54, 1.807) is 0 Å². The van der Waals surface area contributed by atoms with Crippen molar-refractivity contribution in [2.75, 3.05) is 0 Å². The first kappa shape index (κ1) is 15.8. The minimum Gasteiger partial charge on any atom is -0.565 e. The summed E-state index contributed by atoms with van der Waals surface area (Å²) in [5.41, 5.74) is 0. The van der Waals surface area contributed by atoms with Crippen LogP contribution in [0, 0.1) is 0 Å². The SMILES string of the molecule is N.O=C([O-])O.[K+]. The summed E-state index contributed by atoms with van der Waals surface area (Å²) in [4.78, 5) is 8.44. The first-order valence-corrected chi connectivity index (χ1v) is 0.632. The molecule has 0 saturated heterocycles. The molecule has 0 radical (unpaired) electrons. The molecule has 0 aliphatic rings. The Balaban J connectivity index is -0.0000000450. The topological polar surface area (TPSA) is 95.4 Å². The smallest absolute Gasteiger partial charge is 0.565 e. The van der Waals surface area contributed by atoms with Gasteiger partial charge in [0, 0.05) is 0 Å². The Morgan fingerprint density at radius 2 is 1.67 bits per heavy atom. The molecule has 0 spiro atoms. The second-order valence-electron chi connectivity index (χ2n) is 0.266. The van der Waals surface area contributed by atoms with E-state index in [9.17, 15) is 0 Å². The van der Waals surface area contributed by atoms with E-state index in [0.29, 0.717) is 0 Å². The molecule has 32 valence electrons. The average Bonchev–Trinajstić information content (AvgIpc) is 0.811. The second-order valence-corrected chi connectivity index (χ2v) is 0.266. The van der Waals surface area contributed by atoms with E-state index < -0.39 is 6.16 Å². The largest absolute Gasteiger partial charge is 1.00 e. The standard InChI is InChI=1S/CH2O3.K.H3N/c2-1(3)4;;/h(H2,2,3,4);;1H3/q;+1;/p-1. The summed E-state index contributed by atoms with van der Waals surface area (Å²) in [6, 6.07) is 0. The molecule has 5 heteroatoms. The first-order valence-electron chi connectivity index (χ1n) is 0.632. The molecule has 0 bridgehead atoms. The molecular weight excluding hydrogens is 113 g/mol. The Morgan fingerprint density at radius 1 is 1.67 bits per heavy atom. The number of carbonyl (C=O) groups is 1. The summed E-state index contributed by atoms with van der Waals surface area (Å²) in [6.45, 7) is 0. The Kier molecular flexibility index (Phi) is 24.5. The third-order valence-electron chi connectivity index (χ3n) is 0. The number of hydrogen-bond acceptors (Lipinski definition) is 3. The van der Waals surface area contributed by atoms with Crippen molar-refractivity contribution in [1.29, 1.82) is 0 Å². The van der Waals surface area contributed by atoms with Gasteiger partial charge < -0.3 is 21.2 Å². The monoisotopic (exact) mass is 117 g/mol. The van der Waals surface area contributed by atoms with Gasteiger partial charge in [0.25, 0.3) is 0 Å². The molecule has 0 aromatic rings. The van der Waals surface area contributed by atoms with Gasteiger partial charge in [-0.25, -0.2) is 0 Å². The molecule has 0 amide bonds. The van der Waals surface area contributed by atoms with Gasteiger partial charge in [0.2, 0.25) is 6.16 Å². The van der Waals surface area contributed by atoms with E-state index in [-0.39, 0.29) is 57.5 Å². The number of rotatable bonds is 0. The third-order valence-corrected chi connectivity index (χ3v) is 0. The van der Waals surface area contributed by atoms with E-state index in [1.807, 2.05) is 0 Å². The van der Waals surface area contributed by atoms with Crippen LogP contribution in [-0.2, 0) is 0 Å². The molecule has 0 aromatic heterocycles. The summed E-state index contributed by atoms with van der Waals surface area (Å²) in [7, 11) is 0. The van der Waals surface area contributed by atoms with Gasteiger partial charge >= 0.3 is 51.4 Å². The minimum atomic E-state index is -2.08. The van der Waals surface area contributed by atoms with Crippen LogP contribution >= 0.6 is 0 Å². The average molecular weight is 117 g/mol. The zero-order valence-corrected chi connectivity index (χ0v) is 6.59. The van der Waals surface area contributed by atoms with Crippen LogP contribution < -0.4 is 62.6 Å². The molecule has 0 unspecified atom stereocenters. The van der Waals surface area contributed by atoms with E-state index in [1.165, 1.54) is 0 Å². The van der Waals surface area contributed by atoms with Gasteiger partial charge in [0.1, 0.15) is 0 Å². The van der Waals surface area contributed by atoms with Gasteiger partial charge in [-0.1, -0.05) is 0 Å². The summed E-state index contributed by atoms with van der Waals surface area (Å²) in [5.74, 6) is 0. The van der Waals surface area contributed by atoms with Gasteiger partial charge in [-0.3, -0.25) is 0 Å². The van der Waals surface area contributed by atoms with Gasteiger partial charge in [0.05, 0.1) is 0 Å². The molecule has 0 fully saturated rings. The molecular formula is CH4KNO3. The molecule has 0 rings (SSSR count). The van der Waals surface area contributed by atoms with Gasteiger partial charge in [0.15, 0.2) is 0 Å². The zero-order valence-electron chi connectivity index (χ0n) is 3.47.